The fourth-order valence-corrected chi connectivity index (χ4v) is 12.6. The predicted molar refractivity (Wildman–Crippen MR) is 332 cm³/mol. The van der Waals surface area contributed by atoms with Crippen molar-refractivity contribution in [3.63, 3.8) is 0 Å². The second kappa shape index (κ2) is 35.4. The van der Waals surface area contributed by atoms with E-state index in [-0.39, 0.29) is 20.4 Å². The smallest absolute Gasteiger partial charge is 0.189 e. The van der Waals surface area contributed by atoms with Crippen molar-refractivity contribution in [1.82, 2.24) is 42.5 Å². The van der Waals surface area contributed by atoms with Crippen LogP contribution in [-0.2, 0) is 56.8 Å². The van der Waals surface area contributed by atoms with Gasteiger partial charge in [-0.3, -0.25) is 0 Å². The second-order valence-electron chi connectivity index (χ2n) is 25.0. The molecule has 0 aromatic carbocycles. The summed E-state index contributed by atoms with van der Waals surface area (Å²) in [7, 11) is 0. The van der Waals surface area contributed by atoms with E-state index in [2.05, 4.69) is 42.5 Å². The van der Waals surface area contributed by atoms with E-state index in [1.165, 1.54) is 0 Å². The molecule has 44 nitrogen and oxygen atoms in total. The molecule has 48 heteroatoms. The van der Waals surface area contributed by atoms with E-state index in [9.17, 15) is 123 Å². The molecule has 0 aromatic heterocycles. The molecule has 0 aliphatic carbocycles. The maximum absolute atomic E-state index is 10.9. The molecule has 9 heterocycles. The number of aliphatic hydroxyl groups excluding tert-OH is 24. The van der Waals surface area contributed by atoms with Crippen LogP contribution >= 0.6 is 48.9 Å². The van der Waals surface area contributed by atoms with Crippen molar-refractivity contribution in [1.29, 1.82) is 0 Å². The van der Waals surface area contributed by atoms with Gasteiger partial charge >= 0.3 is 0 Å². The topological polar surface area (TPSA) is 693 Å². The average molecular weight is 1530 g/mol. The monoisotopic (exact) mass is 1530 g/mol. The van der Waals surface area contributed by atoms with Crippen LogP contribution < -0.4 is 42.5 Å². The predicted octanol–water partition coefficient (Wildman–Crippen LogP) is -19.6. The molecule has 40 atom stereocenters. The first-order chi connectivity index (χ1) is 47.2. The molecule has 9 aliphatic heterocycles. The van der Waals surface area contributed by atoms with Crippen LogP contribution in [0.3, 0.4) is 0 Å². The van der Waals surface area contributed by atoms with Gasteiger partial charge in [0, 0.05) is 52.4 Å². The summed E-state index contributed by atoms with van der Waals surface area (Å²) in [5.74, 6) is 0. The molecule has 0 amide bonds. The summed E-state index contributed by atoms with van der Waals surface area (Å²) >= 11 is 21.4. The summed E-state index contributed by atoms with van der Waals surface area (Å²) in [6.07, 6.45) is -75.2. The van der Waals surface area contributed by atoms with Crippen LogP contribution in [0.1, 0.15) is 0 Å². The lowest BCUT2D eigenvalue weighted by Crippen LogP contribution is -2.66. The summed E-state index contributed by atoms with van der Waals surface area (Å²) in [6, 6.07) is 0. The van der Waals surface area contributed by atoms with E-state index in [1.807, 2.05) is 0 Å². The Kier molecular flexibility index (Phi) is 28.8. The Bertz CT molecular complexity index is 2180. The van der Waals surface area contributed by atoms with Crippen molar-refractivity contribution < 1.29 is 179 Å². The fraction of sp³-hybridized carbons (Fsp3) is 0.923. The van der Waals surface area contributed by atoms with Crippen molar-refractivity contribution in [2.24, 2.45) is 0 Å². The van der Waals surface area contributed by atoms with E-state index in [0.29, 0.717) is 0 Å². The van der Waals surface area contributed by atoms with Gasteiger partial charge in [-0.05, 0) is 48.9 Å². The molecule has 0 spiro atoms. The van der Waals surface area contributed by atoms with Gasteiger partial charge in [0.1, 0.15) is 195 Å². The number of fused-ring (bicyclic) bond motifs is 16. The van der Waals surface area contributed by atoms with Crippen molar-refractivity contribution in [2.75, 3.05) is 52.4 Å². The zero-order valence-electron chi connectivity index (χ0n) is 52.0. The van der Waals surface area contributed by atoms with Crippen LogP contribution in [0.2, 0.25) is 0 Å². The first-order valence-corrected chi connectivity index (χ1v) is 33.1. The second-order valence-corrected chi connectivity index (χ2v) is 26.7. The van der Waals surface area contributed by atoms with Gasteiger partial charge in [-0.15, -0.1) is 0 Å². The van der Waals surface area contributed by atoms with E-state index >= 15 is 0 Å². The molecule has 0 aromatic rings. The number of thiocarbonyl (C=S) groups is 4. The van der Waals surface area contributed by atoms with Gasteiger partial charge in [0.05, 0.1) is 0 Å². The molecule has 9 rings (SSSR count). The fourth-order valence-electron chi connectivity index (χ4n) is 11.9. The highest BCUT2D eigenvalue weighted by Crippen LogP contribution is 2.34. The molecule has 0 unspecified atom stereocenters. The highest BCUT2D eigenvalue weighted by Gasteiger charge is 2.56. The lowest BCUT2D eigenvalue weighted by Gasteiger charge is -2.45. The van der Waals surface area contributed by atoms with Crippen molar-refractivity contribution >= 4 is 69.3 Å². The summed E-state index contributed by atoms with van der Waals surface area (Å²) in [5, 5.41) is 282. The molecule has 9 saturated heterocycles. The molecule has 100 heavy (non-hydrogen) atoms. The van der Waals surface area contributed by atoms with Gasteiger partial charge < -0.3 is 222 Å². The molecule has 16 bridgehead atoms. The van der Waals surface area contributed by atoms with Gasteiger partial charge in [0.15, 0.2) is 70.8 Å². The van der Waals surface area contributed by atoms with Crippen molar-refractivity contribution in [3.8, 4) is 0 Å². The SMILES string of the molecule is O[C@@H]1[C@@H](O)[C@H]2O[C@H]3O[C@H](CNC(=S)NC[C@H]4O[C@H](O[C@H]5O[C@H](CNC(=S)NC[C@H]6O[C@H](O[C@H]7O[C@H](CNC(=S)NC[C@H]8O[C@H](O[C@H]9O[C@H](CNC(=S)NC[C@@H](O2)[C@H]1O)[C@@H](O)[C@H](O)[C@H]9O)[C@H](O)[C@@H](O)[C@@H]8O)[C@@H](O)[C@H](O)[C@H]7O)[C@H](O)[C@@H](O)[C@@H]6O)[C@@H](O)[C@H](O)[C@H]5O)[C@H](O)[C@@H](O)[C@@H]4O)[C@@H](O)[C@H](O)[C@H]3O. The number of rotatable bonds is 0. The normalized spacial score (nSPS) is 51.5. The van der Waals surface area contributed by atoms with Crippen molar-refractivity contribution in [3.05, 3.63) is 0 Å². The van der Waals surface area contributed by atoms with Gasteiger partial charge in [-0.25, -0.2) is 0 Å². The third kappa shape index (κ3) is 18.6. The highest BCUT2D eigenvalue weighted by atomic mass is 32.1. The van der Waals surface area contributed by atoms with Crippen LogP contribution in [0.5, 0.6) is 0 Å². The number of aliphatic hydroxyl groups is 24. The van der Waals surface area contributed by atoms with Crippen LogP contribution in [0, 0.1) is 0 Å². The van der Waals surface area contributed by atoms with E-state index < -0.39 is 298 Å². The lowest BCUT2D eigenvalue weighted by atomic mass is 9.97. The molecule has 576 valence electrons. The number of hydrogen-bond donors (Lipinski definition) is 32. The minimum absolute atomic E-state index is 0.271. The minimum atomic E-state index is -2.06. The third-order valence-electron chi connectivity index (χ3n) is 18.1. The summed E-state index contributed by atoms with van der Waals surface area (Å²) < 4.78 is 68.5. The van der Waals surface area contributed by atoms with E-state index in [0.717, 1.165) is 0 Å². The van der Waals surface area contributed by atoms with Gasteiger partial charge in [0.25, 0.3) is 0 Å². The molecule has 9 aliphatic rings. The standard InChI is InChI=1S/C52H88N8O36S4/c61-17-9-1-53-49(97)54-2-10-18(62)26(70)35(79)43(86-10)94-44-36(80)28(72)20(64)12(88-44)4-57-51(99)58-6-14-22(66)30(74)39(83)47(90-14)96-48-40(84)32(76)24(68)16(92-48)8-60-52(100)59-7-15-23(67)31(75)38(82)46(91-15)95-45-37(81)29(73)21(65)13(89-45)5-56-50(98)55-3-11-19(63)27(71)34(78)42(87-11)93-41(85-9)33(77)25(17)69/h9-48,61-84H,1-8H2,(H2,53,54,97)(H2,55,56,98)(H2,57,58,99)(H2,59,60,100)/t9-,10-,11-,12-,13-,14-,15-,16-,17-,18-,19-,20-,21-,22-,23-,24-,25+,26+,27+,28+,29+,30+,31+,32+,33-,34-,35-,36-,37-,38-,39-,40-,41-,42-,43-,44-,45-,46-,47-,48-/m1/s1. The van der Waals surface area contributed by atoms with Gasteiger partial charge in [0.2, 0.25) is 0 Å². The van der Waals surface area contributed by atoms with E-state index in [1.54, 1.807) is 0 Å². The minimum Gasteiger partial charge on any atom is -0.388 e. The van der Waals surface area contributed by atoms with E-state index in [4.69, 9.17) is 106 Å². The average Bonchev–Trinajstić information content (AvgIpc) is 0.804. The zero-order valence-corrected chi connectivity index (χ0v) is 55.3. The number of nitrogens with one attached hydrogen (secondary N) is 8. The lowest BCUT2D eigenvalue weighted by molar-refractivity contribution is -0.372. The summed E-state index contributed by atoms with van der Waals surface area (Å²) in [4.78, 5) is 0. The number of hydrogen-bond acceptors (Lipinski definition) is 40. The van der Waals surface area contributed by atoms with Gasteiger partial charge in [-0.1, -0.05) is 0 Å². The zero-order chi connectivity index (χ0) is 73.2. The molecule has 0 radical (unpaired) electrons. The Morgan fingerprint density at radius 3 is 0.360 bits per heavy atom. The van der Waals surface area contributed by atoms with Crippen LogP contribution in [-0.4, -0.2) is 441 Å². The Morgan fingerprint density at radius 2 is 0.260 bits per heavy atom. The van der Waals surface area contributed by atoms with Crippen LogP contribution in [0.25, 0.3) is 0 Å². The van der Waals surface area contributed by atoms with Crippen molar-refractivity contribution in [2.45, 2.75) is 246 Å². The molecule has 32 N–H and O–H groups in total. The van der Waals surface area contributed by atoms with Crippen LogP contribution in [0.15, 0.2) is 0 Å². The Balaban J connectivity index is 0.882. The van der Waals surface area contributed by atoms with Gasteiger partial charge in [-0.2, -0.15) is 0 Å². The molecular formula is C52H88N8O36S4. The Morgan fingerprint density at radius 1 is 0.160 bits per heavy atom. The first kappa shape index (κ1) is 81.4. The Hall–Kier alpha value is -2.68. The summed E-state index contributed by atoms with van der Waals surface area (Å²) in [5.41, 5.74) is 0. The Labute approximate surface area is 587 Å². The molecule has 9 fully saturated rings. The maximum atomic E-state index is 10.9. The molecular weight excluding hydrogens is 1440 g/mol. The summed E-state index contributed by atoms with van der Waals surface area (Å²) in [6.45, 7) is -3.93. The maximum Gasteiger partial charge on any atom is 0.189 e. The molecule has 0 saturated carbocycles. The number of ether oxygens (including phenoxy) is 12. The first-order valence-electron chi connectivity index (χ1n) is 31.4. The third-order valence-corrected chi connectivity index (χ3v) is 19.3. The highest BCUT2D eigenvalue weighted by molar-refractivity contribution is 7.80. The largest absolute Gasteiger partial charge is 0.388 e. The van der Waals surface area contributed by atoms with Crippen LogP contribution in [0.4, 0.5) is 0 Å². The quantitative estimate of drug-likeness (QED) is 0.100.